The van der Waals surface area contributed by atoms with Crippen molar-refractivity contribution in [3.63, 3.8) is 0 Å². The summed E-state index contributed by atoms with van der Waals surface area (Å²) in [6.07, 6.45) is 1.54. The summed E-state index contributed by atoms with van der Waals surface area (Å²) in [7, 11) is 1.56. The molecule has 3 rings (SSSR count). The van der Waals surface area contributed by atoms with Gasteiger partial charge in [0.2, 0.25) is 0 Å². The van der Waals surface area contributed by atoms with Crippen molar-refractivity contribution in [2.24, 2.45) is 0 Å². The Kier molecular flexibility index (Phi) is 7.36. The monoisotopic (exact) mass is 527 g/mol. The van der Waals surface area contributed by atoms with Gasteiger partial charge in [-0.05, 0) is 77.9 Å². The van der Waals surface area contributed by atoms with Crippen LogP contribution in [0.4, 0.5) is 0 Å². The van der Waals surface area contributed by atoms with Crippen LogP contribution in [-0.4, -0.2) is 17.7 Å². The lowest BCUT2D eigenvalue weighted by molar-refractivity contribution is -0.113. The number of aromatic nitrogens is 1. The highest BCUT2D eigenvalue weighted by molar-refractivity contribution is 14.1. The Balaban J connectivity index is 1.84. The lowest BCUT2D eigenvalue weighted by Gasteiger charge is -2.14. The van der Waals surface area contributed by atoms with Crippen LogP contribution in [0.3, 0.4) is 0 Å². The van der Waals surface area contributed by atoms with Gasteiger partial charge in [0.15, 0.2) is 11.5 Å². The van der Waals surface area contributed by atoms with Crippen molar-refractivity contribution in [1.82, 2.24) is 4.68 Å². The summed E-state index contributed by atoms with van der Waals surface area (Å²) < 4.78 is 13.9. The van der Waals surface area contributed by atoms with Crippen molar-refractivity contribution in [3.05, 3.63) is 86.3 Å². The zero-order valence-electron chi connectivity index (χ0n) is 17.5. The molecule has 31 heavy (non-hydrogen) atoms. The van der Waals surface area contributed by atoms with E-state index >= 15 is 0 Å². The Morgan fingerprint density at radius 1 is 1.16 bits per heavy atom. The second-order valence-electron chi connectivity index (χ2n) is 6.87. The number of carbonyl (C=O) groups excluding carboxylic acids is 1. The lowest BCUT2D eigenvalue weighted by Crippen LogP contribution is -2.25. The number of amides is 1. The normalized spacial score (nSPS) is 11.0. The molecule has 1 N–H and O–H groups in total. The van der Waals surface area contributed by atoms with E-state index in [1.807, 2.05) is 68.4 Å². The van der Waals surface area contributed by atoms with Crippen LogP contribution in [0.5, 0.6) is 11.5 Å². The fourth-order valence-corrected chi connectivity index (χ4v) is 3.80. The van der Waals surface area contributed by atoms with Crippen LogP contribution in [-0.2, 0) is 11.4 Å². The first-order valence-corrected chi connectivity index (χ1v) is 10.6. The largest absolute Gasteiger partial charge is 0.493 e. The Hall–Kier alpha value is -3.25. The molecule has 0 fully saturated rings. The molecule has 0 bridgehead atoms. The van der Waals surface area contributed by atoms with Crippen LogP contribution in [0.15, 0.2) is 60.2 Å². The van der Waals surface area contributed by atoms with Gasteiger partial charge in [-0.3, -0.25) is 14.9 Å². The number of nitrogens with one attached hydrogen (secondary N) is 1. The summed E-state index contributed by atoms with van der Waals surface area (Å²) in [5.74, 6) is 0.665. The van der Waals surface area contributed by atoms with E-state index in [4.69, 9.17) is 9.47 Å². The highest BCUT2D eigenvalue weighted by Gasteiger charge is 2.15. The number of carbonyl (C=O) groups is 1. The van der Waals surface area contributed by atoms with Crippen molar-refractivity contribution < 1.29 is 14.3 Å². The van der Waals surface area contributed by atoms with Gasteiger partial charge in [-0.2, -0.15) is 5.26 Å². The summed E-state index contributed by atoms with van der Waals surface area (Å²) >= 11 is 2.16. The van der Waals surface area contributed by atoms with E-state index in [9.17, 15) is 10.1 Å². The van der Waals surface area contributed by atoms with Gasteiger partial charge in [0, 0.05) is 11.4 Å². The number of hydrogen-bond acceptors (Lipinski definition) is 4. The number of nitrogens with zero attached hydrogens (tertiary/aromatic N) is 2. The molecular weight excluding hydrogens is 505 g/mol. The summed E-state index contributed by atoms with van der Waals surface area (Å²) in [5, 5.41) is 9.54. The molecule has 0 saturated heterocycles. The minimum Gasteiger partial charge on any atom is -0.493 e. The number of halogens is 1. The van der Waals surface area contributed by atoms with E-state index in [-0.39, 0.29) is 5.57 Å². The molecule has 2 aromatic carbocycles. The quantitative estimate of drug-likeness (QED) is 0.267. The van der Waals surface area contributed by atoms with Crippen molar-refractivity contribution in [2.75, 3.05) is 12.5 Å². The van der Waals surface area contributed by atoms with Crippen molar-refractivity contribution in [3.8, 4) is 17.6 Å². The molecule has 6 nitrogen and oxygen atoms in total. The molecule has 3 aromatic rings. The van der Waals surface area contributed by atoms with Crippen molar-refractivity contribution >= 4 is 34.6 Å². The molecule has 0 saturated carbocycles. The second-order valence-corrected chi connectivity index (χ2v) is 8.03. The number of rotatable bonds is 7. The standard InChI is InChI=1S/C24H22IN3O3/c1-16-9-10-17(2)28(16)27-24(29)20(14-26)11-19-12-21(25)23(22(13-19)30-3)31-15-18-7-5-4-6-8-18/h4-13H,15H2,1-3H3,(H,27,29)/b20-11-. The maximum Gasteiger partial charge on any atom is 0.280 e. The Bertz CT molecular complexity index is 1140. The van der Waals surface area contributed by atoms with E-state index in [0.29, 0.717) is 23.7 Å². The first kappa shape index (κ1) is 22.4. The molecule has 0 radical (unpaired) electrons. The second kappa shape index (κ2) is 10.2. The van der Waals surface area contributed by atoms with Gasteiger partial charge in [0.1, 0.15) is 18.2 Å². The zero-order chi connectivity index (χ0) is 22.4. The van der Waals surface area contributed by atoms with E-state index in [1.165, 1.54) is 6.08 Å². The van der Waals surface area contributed by atoms with Crippen LogP contribution in [0.1, 0.15) is 22.5 Å². The summed E-state index contributed by atoms with van der Waals surface area (Å²) in [6.45, 7) is 4.17. The van der Waals surface area contributed by atoms with Gasteiger partial charge < -0.3 is 9.47 Å². The molecular formula is C24H22IN3O3. The average molecular weight is 527 g/mol. The van der Waals surface area contributed by atoms with E-state index < -0.39 is 5.91 Å². The number of nitriles is 1. The van der Waals surface area contributed by atoms with Gasteiger partial charge in [0.05, 0.1) is 10.7 Å². The molecule has 0 atom stereocenters. The fourth-order valence-electron chi connectivity index (χ4n) is 3.01. The zero-order valence-corrected chi connectivity index (χ0v) is 19.6. The number of benzene rings is 2. The summed E-state index contributed by atoms with van der Waals surface area (Å²) in [5.41, 5.74) is 6.20. The van der Waals surface area contributed by atoms with Crippen LogP contribution < -0.4 is 14.9 Å². The molecule has 158 valence electrons. The highest BCUT2D eigenvalue weighted by atomic mass is 127. The topological polar surface area (TPSA) is 76.3 Å². The van der Waals surface area contributed by atoms with E-state index in [1.54, 1.807) is 17.9 Å². The van der Waals surface area contributed by atoms with Crippen LogP contribution in [0.2, 0.25) is 0 Å². The van der Waals surface area contributed by atoms with Gasteiger partial charge in [0.25, 0.3) is 5.91 Å². The molecule has 0 spiro atoms. The van der Waals surface area contributed by atoms with Crippen molar-refractivity contribution in [1.29, 1.82) is 5.26 Å². The Labute approximate surface area is 195 Å². The first-order valence-electron chi connectivity index (χ1n) is 9.55. The van der Waals surface area contributed by atoms with E-state index in [2.05, 4.69) is 28.0 Å². The molecule has 0 unspecified atom stereocenters. The molecule has 0 aliphatic heterocycles. The SMILES string of the molecule is COc1cc(/C=C(/C#N)C(=O)Nn2c(C)ccc2C)cc(I)c1OCc1ccccc1. The average Bonchev–Trinajstić information content (AvgIpc) is 3.09. The lowest BCUT2D eigenvalue weighted by atomic mass is 10.1. The molecule has 0 aliphatic rings. The summed E-state index contributed by atoms with van der Waals surface area (Å²) in [6, 6.07) is 19.2. The van der Waals surface area contributed by atoms with Gasteiger partial charge >= 0.3 is 0 Å². The maximum absolute atomic E-state index is 12.6. The predicted molar refractivity (Wildman–Crippen MR) is 128 cm³/mol. The summed E-state index contributed by atoms with van der Waals surface area (Å²) in [4.78, 5) is 12.6. The third-order valence-electron chi connectivity index (χ3n) is 4.64. The van der Waals surface area contributed by atoms with E-state index in [0.717, 1.165) is 20.5 Å². The van der Waals surface area contributed by atoms with Crippen molar-refractivity contribution in [2.45, 2.75) is 20.5 Å². The molecule has 1 heterocycles. The predicted octanol–water partition coefficient (Wildman–Crippen LogP) is 4.97. The number of aryl methyl sites for hydroxylation is 2. The van der Waals surface area contributed by atoms with Crippen LogP contribution in [0, 0.1) is 28.7 Å². The minimum absolute atomic E-state index is 0.0108. The Morgan fingerprint density at radius 2 is 1.84 bits per heavy atom. The fraction of sp³-hybridized carbons (Fsp3) is 0.167. The Morgan fingerprint density at radius 3 is 2.45 bits per heavy atom. The first-order chi connectivity index (χ1) is 14.9. The third kappa shape index (κ3) is 5.47. The number of hydrogen-bond donors (Lipinski definition) is 1. The third-order valence-corrected chi connectivity index (χ3v) is 5.44. The number of ether oxygens (including phenoxy) is 2. The van der Waals surface area contributed by atoms with Gasteiger partial charge in [-0.1, -0.05) is 30.3 Å². The molecule has 1 aromatic heterocycles. The van der Waals surface area contributed by atoms with Crippen LogP contribution in [0.25, 0.3) is 6.08 Å². The maximum atomic E-state index is 12.6. The van der Waals surface area contributed by atoms with Gasteiger partial charge in [-0.15, -0.1) is 0 Å². The molecule has 7 heteroatoms. The molecule has 0 aliphatic carbocycles. The number of methoxy groups -OCH3 is 1. The molecule has 1 amide bonds. The van der Waals surface area contributed by atoms with Gasteiger partial charge in [-0.25, -0.2) is 0 Å². The smallest absolute Gasteiger partial charge is 0.280 e. The minimum atomic E-state index is -0.483. The van der Waals surface area contributed by atoms with Crippen LogP contribution >= 0.6 is 22.6 Å². The highest BCUT2D eigenvalue weighted by Crippen LogP contribution is 2.35.